The fourth-order valence-corrected chi connectivity index (χ4v) is 2.81. The van der Waals surface area contributed by atoms with E-state index in [1.165, 1.54) is 5.56 Å². The van der Waals surface area contributed by atoms with Gasteiger partial charge in [-0.05, 0) is 43.9 Å². The first-order valence-electron chi connectivity index (χ1n) is 8.30. The number of hydrogen-bond donors (Lipinski definition) is 0. The second-order valence-electron chi connectivity index (χ2n) is 6.11. The van der Waals surface area contributed by atoms with Crippen molar-refractivity contribution in [2.75, 3.05) is 0 Å². The number of rotatable bonds is 6. The number of unbranched alkanes of at least 4 members (excludes halogenated alkanes) is 1. The van der Waals surface area contributed by atoms with Gasteiger partial charge in [-0.2, -0.15) is 0 Å². The van der Waals surface area contributed by atoms with Gasteiger partial charge in [0.25, 0.3) is 11.8 Å². The molecule has 2 aromatic carbocycles. The Hall–Kier alpha value is -2.95. The molecular weight excluding hydrogens is 318 g/mol. The Morgan fingerprint density at radius 2 is 1.68 bits per heavy atom. The molecule has 25 heavy (non-hydrogen) atoms. The summed E-state index contributed by atoms with van der Waals surface area (Å²) in [6.45, 7) is 1.83. The van der Waals surface area contributed by atoms with Crippen LogP contribution in [0.2, 0.25) is 0 Å². The van der Waals surface area contributed by atoms with Gasteiger partial charge < -0.3 is 4.84 Å². The molecule has 0 N–H and O–H groups in total. The van der Waals surface area contributed by atoms with Crippen LogP contribution in [0.15, 0.2) is 48.5 Å². The second kappa shape index (κ2) is 7.30. The molecule has 0 radical (unpaired) electrons. The molecule has 0 bridgehead atoms. The van der Waals surface area contributed by atoms with Crippen LogP contribution in [0, 0.1) is 6.92 Å². The smallest absolute Gasteiger partial charge is 0.330 e. The van der Waals surface area contributed by atoms with Crippen molar-refractivity contribution in [1.29, 1.82) is 0 Å². The predicted octanol–water partition coefficient (Wildman–Crippen LogP) is 3.46. The molecule has 1 heterocycles. The SMILES string of the molecule is Cc1ccc2c(c1)C(=O)N(OC(=O)CCCCc1ccccc1)C2=O. The third kappa shape index (κ3) is 3.76. The normalized spacial score (nSPS) is 13.1. The maximum Gasteiger partial charge on any atom is 0.333 e. The van der Waals surface area contributed by atoms with Crippen LogP contribution < -0.4 is 0 Å². The Morgan fingerprint density at radius 1 is 0.960 bits per heavy atom. The van der Waals surface area contributed by atoms with Crippen molar-refractivity contribution in [3.05, 3.63) is 70.8 Å². The fraction of sp³-hybridized carbons (Fsp3) is 0.250. The summed E-state index contributed by atoms with van der Waals surface area (Å²) in [6.07, 6.45) is 2.51. The minimum Gasteiger partial charge on any atom is -0.330 e. The summed E-state index contributed by atoms with van der Waals surface area (Å²) >= 11 is 0. The van der Waals surface area contributed by atoms with E-state index in [1.807, 2.05) is 37.3 Å². The Balaban J connectivity index is 1.50. The van der Waals surface area contributed by atoms with Crippen LogP contribution in [-0.2, 0) is 16.1 Å². The number of hydroxylamine groups is 2. The number of carbonyl (C=O) groups is 3. The molecule has 2 aromatic rings. The van der Waals surface area contributed by atoms with E-state index >= 15 is 0 Å². The van der Waals surface area contributed by atoms with Gasteiger partial charge in [-0.1, -0.05) is 47.0 Å². The summed E-state index contributed by atoms with van der Waals surface area (Å²) in [5.74, 6) is -1.74. The summed E-state index contributed by atoms with van der Waals surface area (Å²) in [5.41, 5.74) is 2.63. The topological polar surface area (TPSA) is 63.7 Å². The number of carbonyl (C=O) groups excluding carboxylic acids is 3. The molecule has 0 aliphatic carbocycles. The zero-order chi connectivity index (χ0) is 17.8. The summed E-state index contributed by atoms with van der Waals surface area (Å²) in [7, 11) is 0. The molecule has 0 saturated heterocycles. The van der Waals surface area contributed by atoms with Gasteiger partial charge >= 0.3 is 5.97 Å². The third-order valence-electron chi connectivity index (χ3n) is 4.14. The van der Waals surface area contributed by atoms with Crippen LogP contribution in [0.4, 0.5) is 0 Å². The lowest BCUT2D eigenvalue weighted by atomic mass is 10.1. The summed E-state index contributed by atoms with van der Waals surface area (Å²) in [4.78, 5) is 41.4. The standard InChI is InChI=1S/C20H19NO4/c1-14-11-12-16-17(13-14)20(24)21(19(16)23)25-18(22)10-6-5-9-15-7-3-2-4-8-15/h2-4,7-8,11-13H,5-6,9-10H2,1H3. The highest BCUT2D eigenvalue weighted by Crippen LogP contribution is 2.24. The van der Waals surface area contributed by atoms with E-state index < -0.39 is 17.8 Å². The molecule has 3 rings (SSSR count). The molecule has 5 heteroatoms. The first-order valence-corrected chi connectivity index (χ1v) is 8.30. The second-order valence-corrected chi connectivity index (χ2v) is 6.11. The Labute approximate surface area is 146 Å². The average Bonchev–Trinajstić information content (AvgIpc) is 2.84. The minimum absolute atomic E-state index is 0.166. The van der Waals surface area contributed by atoms with Gasteiger partial charge in [-0.25, -0.2) is 4.79 Å². The quantitative estimate of drug-likeness (QED) is 0.598. The van der Waals surface area contributed by atoms with E-state index in [0.29, 0.717) is 11.5 Å². The maximum absolute atomic E-state index is 12.2. The monoisotopic (exact) mass is 337 g/mol. The van der Waals surface area contributed by atoms with Gasteiger partial charge in [-0.15, -0.1) is 0 Å². The van der Waals surface area contributed by atoms with E-state index in [9.17, 15) is 14.4 Å². The lowest BCUT2D eigenvalue weighted by Gasteiger charge is -2.12. The van der Waals surface area contributed by atoms with Crippen molar-refractivity contribution < 1.29 is 19.2 Å². The minimum atomic E-state index is -0.586. The maximum atomic E-state index is 12.2. The van der Waals surface area contributed by atoms with Gasteiger partial charge in [0.15, 0.2) is 0 Å². The van der Waals surface area contributed by atoms with Crippen LogP contribution in [0.5, 0.6) is 0 Å². The Bertz CT molecular complexity index is 814. The first kappa shape index (κ1) is 16.9. The number of aryl methyl sites for hydroxylation is 2. The molecule has 0 saturated carbocycles. The van der Waals surface area contributed by atoms with E-state index in [-0.39, 0.29) is 17.5 Å². The van der Waals surface area contributed by atoms with E-state index in [0.717, 1.165) is 18.4 Å². The lowest BCUT2D eigenvalue weighted by Crippen LogP contribution is -2.32. The molecule has 0 aromatic heterocycles. The van der Waals surface area contributed by atoms with Crippen molar-refractivity contribution in [3.8, 4) is 0 Å². The Morgan fingerprint density at radius 3 is 2.44 bits per heavy atom. The number of hydrogen-bond acceptors (Lipinski definition) is 4. The van der Waals surface area contributed by atoms with Crippen molar-refractivity contribution in [3.63, 3.8) is 0 Å². The lowest BCUT2D eigenvalue weighted by molar-refractivity contribution is -0.168. The molecule has 2 amide bonds. The van der Waals surface area contributed by atoms with E-state index in [2.05, 4.69) is 0 Å². The summed E-state index contributed by atoms with van der Waals surface area (Å²) in [6, 6.07) is 15.0. The Kier molecular flexibility index (Phi) is 4.93. The molecule has 0 unspecified atom stereocenters. The fourth-order valence-electron chi connectivity index (χ4n) is 2.81. The predicted molar refractivity (Wildman–Crippen MR) is 91.8 cm³/mol. The van der Waals surface area contributed by atoms with Crippen molar-refractivity contribution in [2.45, 2.75) is 32.6 Å². The number of fused-ring (bicyclic) bond motifs is 1. The number of amides is 2. The zero-order valence-corrected chi connectivity index (χ0v) is 14.0. The number of benzene rings is 2. The molecule has 0 fully saturated rings. The van der Waals surface area contributed by atoms with Gasteiger partial charge in [0.1, 0.15) is 0 Å². The molecule has 1 aliphatic heterocycles. The molecule has 0 atom stereocenters. The molecule has 128 valence electrons. The van der Waals surface area contributed by atoms with E-state index in [4.69, 9.17) is 4.84 Å². The van der Waals surface area contributed by atoms with Crippen LogP contribution in [0.1, 0.15) is 51.1 Å². The van der Waals surface area contributed by atoms with E-state index in [1.54, 1.807) is 18.2 Å². The number of nitrogens with zero attached hydrogens (tertiary/aromatic N) is 1. The summed E-state index contributed by atoms with van der Waals surface area (Å²) < 4.78 is 0. The van der Waals surface area contributed by atoms with Crippen molar-refractivity contribution in [2.24, 2.45) is 0 Å². The molecular formula is C20H19NO4. The van der Waals surface area contributed by atoms with Crippen LogP contribution >= 0.6 is 0 Å². The van der Waals surface area contributed by atoms with Crippen LogP contribution in [0.25, 0.3) is 0 Å². The number of imide groups is 1. The van der Waals surface area contributed by atoms with Gasteiger partial charge in [0, 0.05) is 6.42 Å². The molecule has 1 aliphatic rings. The largest absolute Gasteiger partial charge is 0.333 e. The highest BCUT2D eigenvalue weighted by molar-refractivity contribution is 6.21. The van der Waals surface area contributed by atoms with Crippen molar-refractivity contribution >= 4 is 17.8 Å². The highest BCUT2D eigenvalue weighted by Gasteiger charge is 2.38. The average molecular weight is 337 g/mol. The van der Waals surface area contributed by atoms with Gasteiger partial charge in [-0.3, -0.25) is 9.59 Å². The molecule has 0 spiro atoms. The zero-order valence-electron chi connectivity index (χ0n) is 14.0. The van der Waals surface area contributed by atoms with Gasteiger partial charge in [0.2, 0.25) is 0 Å². The van der Waals surface area contributed by atoms with Crippen molar-refractivity contribution in [1.82, 2.24) is 5.06 Å². The first-order chi connectivity index (χ1) is 12.1. The van der Waals surface area contributed by atoms with Gasteiger partial charge in [0.05, 0.1) is 11.1 Å². The third-order valence-corrected chi connectivity index (χ3v) is 4.14. The summed E-state index contributed by atoms with van der Waals surface area (Å²) in [5, 5.41) is 0.573. The van der Waals surface area contributed by atoms with Crippen LogP contribution in [-0.4, -0.2) is 22.8 Å². The highest BCUT2D eigenvalue weighted by atomic mass is 16.7. The van der Waals surface area contributed by atoms with Crippen LogP contribution in [0.3, 0.4) is 0 Å². The molecule has 5 nitrogen and oxygen atoms in total.